The Morgan fingerprint density at radius 2 is 2.07 bits per heavy atom. The van der Waals surface area contributed by atoms with E-state index in [1.165, 1.54) is 0 Å². The van der Waals surface area contributed by atoms with E-state index in [1.807, 2.05) is 18.2 Å². The monoisotopic (exact) mass is 229 g/mol. The van der Waals surface area contributed by atoms with Crippen LogP contribution in [0.5, 0.6) is 0 Å². The van der Waals surface area contributed by atoms with Crippen molar-refractivity contribution in [3.05, 3.63) is 46.5 Å². The topological polar surface area (TPSA) is 26.0 Å². The van der Waals surface area contributed by atoms with E-state index >= 15 is 0 Å². The summed E-state index contributed by atoms with van der Waals surface area (Å²) in [6.45, 7) is 3.65. The lowest BCUT2D eigenvalue weighted by Crippen LogP contribution is -2.21. The molecule has 0 aromatic heterocycles. The number of hydrogen-bond donors (Lipinski definition) is 1. The molecule has 0 saturated heterocycles. The van der Waals surface area contributed by atoms with Crippen molar-refractivity contribution in [2.75, 3.05) is 0 Å². The highest BCUT2D eigenvalue weighted by Crippen LogP contribution is 2.23. The first-order valence-electron chi connectivity index (χ1n) is 4.44. The molecule has 0 aliphatic rings. The van der Waals surface area contributed by atoms with Crippen molar-refractivity contribution >= 4 is 23.2 Å². The second-order valence-corrected chi connectivity index (χ2v) is 4.05. The van der Waals surface area contributed by atoms with Crippen LogP contribution in [0, 0.1) is 0 Å². The molecule has 1 aromatic carbocycles. The van der Waals surface area contributed by atoms with Crippen molar-refractivity contribution in [2.24, 2.45) is 5.73 Å². The Kier molecular flexibility index (Phi) is 4.46. The summed E-state index contributed by atoms with van der Waals surface area (Å²) in [7, 11) is 0. The normalized spacial score (nSPS) is 12.5. The third-order valence-corrected chi connectivity index (χ3v) is 2.69. The lowest BCUT2D eigenvalue weighted by atomic mass is 10.0. The number of halogens is 2. The molecule has 3 heteroatoms. The molecule has 0 spiro atoms. The third kappa shape index (κ3) is 3.33. The van der Waals surface area contributed by atoms with Crippen molar-refractivity contribution in [1.29, 1.82) is 0 Å². The first kappa shape index (κ1) is 11.6. The zero-order valence-corrected chi connectivity index (χ0v) is 9.35. The fourth-order valence-corrected chi connectivity index (χ4v) is 1.59. The summed E-state index contributed by atoms with van der Waals surface area (Å²) in [5, 5.41) is 1.16. The van der Waals surface area contributed by atoms with Crippen LogP contribution in [-0.2, 0) is 6.42 Å². The summed E-state index contributed by atoms with van der Waals surface area (Å²) < 4.78 is 0. The molecule has 0 saturated carbocycles. The highest BCUT2D eigenvalue weighted by atomic mass is 35.5. The quantitative estimate of drug-likeness (QED) is 0.787. The molecule has 1 atom stereocenters. The van der Waals surface area contributed by atoms with Crippen LogP contribution >= 0.6 is 23.2 Å². The van der Waals surface area contributed by atoms with E-state index in [0.717, 1.165) is 18.4 Å². The van der Waals surface area contributed by atoms with Gasteiger partial charge in [0, 0.05) is 6.04 Å². The molecule has 0 bridgehead atoms. The summed E-state index contributed by atoms with van der Waals surface area (Å²) in [4.78, 5) is 0. The maximum absolute atomic E-state index is 5.88. The van der Waals surface area contributed by atoms with Crippen molar-refractivity contribution < 1.29 is 0 Å². The molecule has 0 heterocycles. The van der Waals surface area contributed by atoms with Crippen LogP contribution in [0.15, 0.2) is 30.9 Å². The molecule has 0 amide bonds. The van der Waals surface area contributed by atoms with E-state index in [2.05, 4.69) is 6.58 Å². The van der Waals surface area contributed by atoms with Gasteiger partial charge in [0.05, 0.1) is 10.0 Å². The fourth-order valence-electron chi connectivity index (χ4n) is 1.27. The van der Waals surface area contributed by atoms with Crippen LogP contribution in [0.3, 0.4) is 0 Å². The summed E-state index contributed by atoms with van der Waals surface area (Å²) in [5.41, 5.74) is 6.96. The van der Waals surface area contributed by atoms with Gasteiger partial charge in [-0.15, -0.1) is 6.58 Å². The van der Waals surface area contributed by atoms with E-state index in [9.17, 15) is 0 Å². The zero-order chi connectivity index (χ0) is 10.6. The van der Waals surface area contributed by atoms with Crippen LogP contribution < -0.4 is 5.73 Å². The predicted molar refractivity (Wildman–Crippen MR) is 63.0 cm³/mol. The molecule has 0 aliphatic carbocycles. The Morgan fingerprint density at radius 3 is 2.64 bits per heavy atom. The molecule has 0 fully saturated rings. The van der Waals surface area contributed by atoms with Crippen LogP contribution in [0.2, 0.25) is 10.0 Å². The SMILES string of the molecule is C=CCC(N)Cc1ccc(Cl)c(Cl)c1. The zero-order valence-electron chi connectivity index (χ0n) is 7.84. The van der Waals surface area contributed by atoms with Gasteiger partial charge in [-0.05, 0) is 30.5 Å². The van der Waals surface area contributed by atoms with E-state index in [0.29, 0.717) is 10.0 Å². The van der Waals surface area contributed by atoms with Crippen LogP contribution in [0.25, 0.3) is 0 Å². The largest absolute Gasteiger partial charge is 0.327 e. The Balaban J connectivity index is 2.67. The summed E-state index contributed by atoms with van der Waals surface area (Å²) in [6, 6.07) is 5.69. The minimum absolute atomic E-state index is 0.102. The highest BCUT2D eigenvalue weighted by molar-refractivity contribution is 6.42. The van der Waals surface area contributed by atoms with Gasteiger partial charge in [-0.1, -0.05) is 35.3 Å². The van der Waals surface area contributed by atoms with Crippen molar-refractivity contribution in [2.45, 2.75) is 18.9 Å². The number of hydrogen-bond acceptors (Lipinski definition) is 1. The van der Waals surface area contributed by atoms with Crippen molar-refractivity contribution in [3.8, 4) is 0 Å². The predicted octanol–water partition coefficient (Wildman–Crippen LogP) is 3.44. The van der Waals surface area contributed by atoms with Gasteiger partial charge in [0.25, 0.3) is 0 Å². The van der Waals surface area contributed by atoms with Gasteiger partial charge in [0.1, 0.15) is 0 Å². The van der Waals surface area contributed by atoms with Crippen LogP contribution in [-0.4, -0.2) is 6.04 Å². The Labute approximate surface area is 94.5 Å². The molecule has 0 aliphatic heterocycles. The lowest BCUT2D eigenvalue weighted by Gasteiger charge is -2.09. The molecule has 2 N–H and O–H groups in total. The number of rotatable bonds is 4. The van der Waals surface area contributed by atoms with Gasteiger partial charge < -0.3 is 5.73 Å². The summed E-state index contributed by atoms with van der Waals surface area (Å²) >= 11 is 11.7. The van der Waals surface area contributed by atoms with Gasteiger partial charge in [-0.25, -0.2) is 0 Å². The maximum Gasteiger partial charge on any atom is 0.0595 e. The molecular weight excluding hydrogens is 217 g/mol. The molecule has 14 heavy (non-hydrogen) atoms. The average molecular weight is 230 g/mol. The minimum atomic E-state index is 0.102. The standard InChI is InChI=1S/C11H13Cl2N/c1-2-3-9(14)6-8-4-5-10(12)11(13)7-8/h2,4-5,7,9H,1,3,6,14H2. The number of nitrogens with two attached hydrogens (primary N) is 1. The molecule has 0 radical (unpaired) electrons. The van der Waals surface area contributed by atoms with E-state index in [4.69, 9.17) is 28.9 Å². The summed E-state index contributed by atoms with van der Waals surface area (Å²) in [5.74, 6) is 0. The van der Waals surface area contributed by atoms with Gasteiger partial charge in [0.15, 0.2) is 0 Å². The second kappa shape index (κ2) is 5.40. The molecule has 1 aromatic rings. The third-order valence-electron chi connectivity index (χ3n) is 1.95. The maximum atomic E-state index is 5.88. The smallest absolute Gasteiger partial charge is 0.0595 e. The first-order chi connectivity index (χ1) is 6.63. The first-order valence-corrected chi connectivity index (χ1v) is 5.19. The average Bonchev–Trinajstić information content (AvgIpc) is 2.12. The Bertz CT molecular complexity index is 323. The second-order valence-electron chi connectivity index (χ2n) is 3.24. The van der Waals surface area contributed by atoms with Gasteiger partial charge in [-0.3, -0.25) is 0 Å². The minimum Gasteiger partial charge on any atom is -0.327 e. The van der Waals surface area contributed by atoms with Crippen molar-refractivity contribution in [3.63, 3.8) is 0 Å². The van der Waals surface area contributed by atoms with E-state index in [-0.39, 0.29) is 6.04 Å². The molecule has 1 rings (SSSR count). The van der Waals surface area contributed by atoms with Gasteiger partial charge in [-0.2, -0.15) is 0 Å². The number of benzene rings is 1. The van der Waals surface area contributed by atoms with Crippen LogP contribution in [0.1, 0.15) is 12.0 Å². The molecular formula is C11H13Cl2N. The Hall–Kier alpha value is -0.500. The van der Waals surface area contributed by atoms with Crippen LogP contribution in [0.4, 0.5) is 0 Å². The van der Waals surface area contributed by atoms with Gasteiger partial charge in [0.2, 0.25) is 0 Å². The van der Waals surface area contributed by atoms with E-state index in [1.54, 1.807) is 6.07 Å². The highest BCUT2D eigenvalue weighted by Gasteiger charge is 2.04. The summed E-state index contributed by atoms with van der Waals surface area (Å²) in [6.07, 6.45) is 3.42. The Morgan fingerprint density at radius 1 is 1.36 bits per heavy atom. The fraction of sp³-hybridized carbons (Fsp3) is 0.273. The van der Waals surface area contributed by atoms with E-state index < -0.39 is 0 Å². The lowest BCUT2D eigenvalue weighted by molar-refractivity contribution is 0.680. The molecule has 1 unspecified atom stereocenters. The molecule has 76 valence electrons. The molecule has 1 nitrogen and oxygen atoms in total. The van der Waals surface area contributed by atoms with Gasteiger partial charge >= 0.3 is 0 Å². The van der Waals surface area contributed by atoms with Crippen molar-refractivity contribution in [1.82, 2.24) is 0 Å².